The summed E-state index contributed by atoms with van der Waals surface area (Å²) in [6.07, 6.45) is 0.825. The average molecular weight is 474 g/mol. The Labute approximate surface area is 190 Å². The molecule has 0 aliphatic carbocycles. The second kappa shape index (κ2) is 11.7. The molecule has 1 atom stereocenters. The maximum atomic E-state index is 13.0. The normalized spacial score (nSPS) is 11.8. The number of carbonyl (C=O) groups excluding carboxylic acids is 2. The number of thioether (sulfide) groups is 1. The van der Waals surface area contributed by atoms with Gasteiger partial charge in [0.05, 0.1) is 15.8 Å². The molecular formula is C21H23Cl3N2O2S. The van der Waals surface area contributed by atoms with Crippen molar-refractivity contribution in [2.45, 2.75) is 37.8 Å². The largest absolute Gasteiger partial charge is 0.354 e. The SMILES string of the molecule is CCCNC(=O)[C@@H](C)N(Cc1ccc(Cl)c(Cl)c1)C(=O)CSc1ccc(Cl)cc1. The molecule has 1 N–H and O–H groups in total. The summed E-state index contributed by atoms with van der Waals surface area (Å²) in [7, 11) is 0. The van der Waals surface area contributed by atoms with E-state index in [1.807, 2.05) is 19.1 Å². The Kier molecular flexibility index (Phi) is 9.63. The van der Waals surface area contributed by atoms with E-state index >= 15 is 0 Å². The summed E-state index contributed by atoms with van der Waals surface area (Å²) in [4.78, 5) is 28.0. The zero-order chi connectivity index (χ0) is 21.4. The number of rotatable bonds is 9. The number of carbonyl (C=O) groups is 2. The molecule has 2 amide bonds. The van der Waals surface area contributed by atoms with Gasteiger partial charge < -0.3 is 10.2 Å². The molecule has 2 aromatic rings. The molecule has 0 heterocycles. The molecule has 2 aromatic carbocycles. The number of nitrogens with zero attached hydrogens (tertiary/aromatic N) is 1. The van der Waals surface area contributed by atoms with Gasteiger partial charge in [0.2, 0.25) is 11.8 Å². The van der Waals surface area contributed by atoms with Crippen LogP contribution in [0.2, 0.25) is 15.1 Å². The molecule has 0 unspecified atom stereocenters. The summed E-state index contributed by atoms with van der Waals surface area (Å²) in [5.74, 6) is -0.124. The molecule has 2 rings (SSSR count). The fraction of sp³-hybridized carbons (Fsp3) is 0.333. The van der Waals surface area contributed by atoms with Crippen LogP contribution in [-0.4, -0.2) is 35.1 Å². The van der Waals surface area contributed by atoms with Crippen LogP contribution in [0.25, 0.3) is 0 Å². The van der Waals surface area contributed by atoms with E-state index in [1.165, 1.54) is 11.8 Å². The van der Waals surface area contributed by atoms with Crippen molar-refractivity contribution >= 4 is 58.4 Å². The number of hydrogen-bond acceptors (Lipinski definition) is 3. The number of halogens is 3. The van der Waals surface area contributed by atoms with E-state index in [2.05, 4.69) is 5.32 Å². The first-order chi connectivity index (χ1) is 13.8. The molecule has 156 valence electrons. The minimum Gasteiger partial charge on any atom is -0.354 e. The summed E-state index contributed by atoms with van der Waals surface area (Å²) < 4.78 is 0. The Morgan fingerprint density at radius 3 is 2.38 bits per heavy atom. The van der Waals surface area contributed by atoms with Crippen LogP contribution in [0.15, 0.2) is 47.4 Å². The van der Waals surface area contributed by atoms with Gasteiger partial charge in [-0.1, -0.05) is 47.8 Å². The highest BCUT2D eigenvalue weighted by molar-refractivity contribution is 8.00. The average Bonchev–Trinajstić information content (AvgIpc) is 2.71. The van der Waals surface area contributed by atoms with Gasteiger partial charge in [-0.15, -0.1) is 11.8 Å². The molecule has 0 aliphatic rings. The first kappa shape index (κ1) is 23.9. The molecule has 0 bridgehead atoms. The van der Waals surface area contributed by atoms with E-state index in [1.54, 1.807) is 42.2 Å². The van der Waals surface area contributed by atoms with Gasteiger partial charge in [-0.3, -0.25) is 9.59 Å². The zero-order valence-electron chi connectivity index (χ0n) is 16.3. The number of amides is 2. The van der Waals surface area contributed by atoms with Gasteiger partial charge in [0.1, 0.15) is 6.04 Å². The lowest BCUT2D eigenvalue weighted by molar-refractivity contribution is -0.138. The highest BCUT2D eigenvalue weighted by atomic mass is 35.5. The summed E-state index contributed by atoms with van der Waals surface area (Å²) >= 11 is 19.4. The topological polar surface area (TPSA) is 49.4 Å². The Morgan fingerprint density at radius 2 is 1.76 bits per heavy atom. The van der Waals surface area contributed by atoms with Crippen LogP contribution < -0.4 is 5.32 Å². The summed E-state index contributed by atoms with van der Waals surface area (Å²) in [5, 5.41) is 4.35. The minimum atomic E-state index is -0.616. The van der Waals surface area contributed by atoms with Crippen molar-refractivity contribution < 1.29 is 9.59 Å². The van der Waals surface area contributed by atoms with E-state index in [4.69, 9.17) is 34.8 Å². The van der Waals surface area contributed by atoms with Gasteiger partial charge in [0.15, 0.2) is 0 Å². The Hall–Kier alpha value is -1.40. The molecule has 0 aliphatic heterocycles. The first-order valence-corrected chi connectivity index (χ1v) is 11.3. The van der Waals surface area contributed by atoms with E-state index in [9.17, 15) is 9.59 Å². The van der Waals surface area contributed by atoms with Gasteiger partial charge in [-0.05, 0) is 55.3 Å². The van der Waals surface area contributed by atoms with Crippen molar-refractivity contribution in [3.8, 4) is 0 Å². The molecule has 4 nitrogen and oxygen atoms in total. The third-order valence-corrected chi connectivity index (χ3v) is 6.22. The maximum absolute atomic E-state index is 13.0. The van der Waals surface area contributed by atoms with E-state index in [0.717, 1.165) is 16.9 Å². The highest BCUT2D eigenvalue weighted by Crippen LogP contribution is 2.25. The van der Waals surface area contributed by atoms with Crippen molar-refractivity contribution in [2.75, 3.05) is 12.3 Å². The van der Waals surface area contributed by atoms with Gasteiger partial charge in [0, 0.05) is 23.0 Å². The molecule has 0 saturated heterocycles. The van der Waals surface area contributed by atoms with E-state index < -0.39 is 6.04 Å². The summed E-state index contributed by atoms with van der Waals surface area (Å²) in [6.45, 7) is 4.54. The Bertz CT molecular complexity index is 846. The van der Waals surface area contributed by atoms with Crippen LogP contribution in [0, 0.1) is 0 Å². The predicted octanol–water partition coefficient (Wildman–Crippen LogP) is 5.68. The van der Waals surface area contributed by atoms with Gasteiger partial charge in [-0.2, -0.15) is 0 Å². The van der Waals surface area contributed by atoms with Crippen LogP contribution in [0.4, 0.5) is 0 Å². The van der Waals surface area contributed by atoms with Gasteiger partial charge in [-0.25, -0.2) is 0 Å². The molecule has 0 spiro atoms. The standard InChI is InChI=1S/C21H23Cl3N2O2S/c1-3-10-25-21(28)14(2)26(12-15-4-9-18(23)19(24)11-15)20(27)13-29-17-7-5-16(22)6-8-17/h4-9,11,14H,3,10,12-13H2,1-2H3,(H,25,28)/t14-/m1/s1. The zero-order valence-corrected chi connectivity index (χ0v) is 19.3. The van der Waals surface area contributed by atoms with Crippen LogP contribution in [0.5, 0.6) is 0 Å². The highest BCUT2D eigenvalue weighted by Gasteiger charge is 2.26. The third kappa shape index (κ3) is 7.41. The quantitative estimate of drug-likeness (QED) is 0.476. The fourth-order valence-corrected chi connectivity index (χ4v) is 3.80. The fourth-order valence-electron chi connectivity index (χ4n) is 2.57. The Morgan fingerprint density at radius 1 is 1.07 bits per heavy atom. The molecule has 0 fully saturated rings. The minimum absolute atomic E-state index is 0.143. The van der Waals surface area contributed by atoms with Crippen molar-refractivity contribution in [2.24, 2.45) is 0 Å². The summed E-state index contributed by atoms with van der Waals surface area (Å²) in [5.41, 5.74) is 0.805. The first-order valence-electron chi connectivity index (χ1n) is 9.21. The van der Waals surface area contributed by atoms with Crippen LogP contribution >= 0.6 is 46.6 Å². The molecule has 0 saturated carbocycles. The van der Waals surface area contributed by atoms with E-state index in [-0.39, 0.29) is 24.1 Å². The maximum Gasteiger partial charge on any atom is 0.242 e. The predicted molar refractivity (Wildman–Crippen MR) is 122 cm³/mol. The van der Waals surface area contributed by atoms with Crippen molar-refractivity contribution in [3.63, 3.8) is 0 Å². The van der Waals surface area contributed by atoms with Crippen LogP contribution in [-0.2, 0) is 16.1 Å². The number of nitrogens with one attached hydrogen (secondary N) is 1. The Balaban J connectivity index is 2.15. The van der Waals surface area contributed by atoms with Crippen LogP contribution in [0.3, 0.4) is 0 Å². The molecule has 8 heteroatoms. The lowest BCUT2D eigenvalue weighted by Crippen LogP contribution is -2.48. The molecule has 29 heavy (non-hydrogen) atoms. The van der Waals surface area contributed by atoms with Gasteiger partial charge in [0.25, 0.3) is 0 Å². The van der Waals surface area contributed by atoms with Crippen LogP contribution in [0.1, 0.15) is 25.8 Å². The van der Waals surface area contributed by atoms with Gasteiger partial charge >= 0.3 is 0 Å². The van der Waals surface area contributed by atoms with Crippen molar-refractivity contribution in [3.05, 3.63) is 63.1 Å². The molecule has 0 radical (unpaired) electrons. The monoisotopic (exact) mass is 472 g/mol. The second-order valence-electron chi connectivity index (χ2n) is 6.48. The smallest absolute Gasteiger partial charge is 0.242 e. The van der Waals surface area contributed by atoms with Crippen molar-refractivity contribution in [1.82, 2.24) is 10.2 Å². The summed E-state index contributed by atoms with van der Waals surface area (Å²) in [6, 6.07) is 11.9. The third-order valence-electron chi connectivity index (χ3n) is 4.23. The second-order valence-corrected chi connectivity index (χ2v) is 8.78. The lowest BCUT2D eigenvalue weighted by Gasteiger charge is -2.29. The lowest BCUT2D eigenvalue weighted by atomic mass is 10.1. The molecular weight excluding hydrogens is 451 g/mol. The number of benzene rings is 2. The van der Waals surface area contributed by atoms with E-state index in [0.29, 0.717) is 21.6 Å². The molecule has 0 aromatic heterocycles. The number of hydrogen-bond donors (Lipinski definition) is 1. The van der Waals surface area contributed by atoms with Crippen molar-refractivity contribution in [1.29, 1.82) is 0 Å².